The summed E-state index contributed by atoms with van der Waals surface area (Å²) in [5.74, 6) is 3.95. The normalized spacial score (nSPS) is 46.8. The maximum Gasteiger partial charge on any atom is 0.167 e. The molecule has 4 aliphatic carbocycles. The quantitative estimate of drug-likeness (QED) is 0.715. The van der Waals surface area contributed by atoms with Gasteiger partial charge in [-0.25, -0.2) is 4.98 Å². The van der Waals surface area contributed by atoms with Crippen molar-refractivity contribution in [3.63, 3.8) is 0 Å². The van der Waals surface area contributed by atoms with Crippen molar-refractivity contribution in [2.24, 2.45) is 41.5 Å². The molecule has 0 bridgehead atoms. The number of aromatic nitrogens is 2. The average Bonchev–Trinajstić information content (AvgIpc) is 3.22. The number of Topliss-reactive ketones (excluding diaryl/α,β-unsaturated/α-hetero) is 1. The second-order valence-corrected chi connectivity index (χ2v) is 12.0. The number of imidazole rings is 1. The highest BCUT2D eigenvalue weighted by atomic mass is 32.2. The average molecular weight is 417 g/mol. The summed E-state index contributed by atoms with van der Waals surface area (Å²) in [6.07, 6.45) is 13.5. The van der Waals surface area contributed by atoms with Crippen LogP contribution in [-0.4, -0.2) is 31.8 Å². The fraction of sp³-hybridized carbons (Fsp3) is 0.833. The van der Waals surface area contributed by atoms with Crippen molar-refractivity contribution in [2.75, 3.05) is 5.75 Å². The molecule has 160 valence electrons. The van der Waals surface area contributed by atoms with Gasteiger partial charge in [0.2, 0.25) is 0 Å². The molecule has 4 fully saturated rings. The number of fused-ring (bicyclic) bond motifs is 5. The third-order valence-electron chi connectivity index (χ3n) is 10.0. The minimum Gasteiger partial charge on any atom is -0.388 e. The molecule has 0 amide bonds. The number of rotatable bonds is 3. The number of nitrogens with zero attached hydrogens (tertiary/aromatic N) is 2. The largest absolute Gasteiger partial charge is 0.388 e. The molecule has 1 heterocycles. The van der Waals surface area contributed by atoms with E-state index in [0.29, 0.717) is 23.0 Å². The Balaban J connectivity index is 1.36. The molecule has 5 heteroatoms. The fourth-order valence-corrected chi connectivity index (χ4v) is 9.31. The molecule has 29 heavy (non-hydrogen) atoms. The maximum absolute atomic E-state index is 12.1. The van der Waals surface area contributed by atoms with Gasteiger partial charge in [-0.3, -0.25) is 4.79 Å². The molecule has 1 aromatic heterocycles. The number of carbonyl (C=O) groups excluding carboxylic acids is 1. The van der Waals surface area contributed by atoms with E-state index in [1.807, 2.05) is 24.0 Å². The van der Waals surface area contributed by atoms with Gasteiger partial charge in [0, 0.05) is 43.5 Å². The van der Waals surface area contributed by atoms with Gasteiger partial charge in [0.25, 0.3) is 0 Å². The molecule has 5 rings (SSSR count). The highest BCUT2D eigenvalue weighted by molar-refractivity contribution is 7.99. The van der Waals surface area contributed by atoms with E-state index in [0.717, 1.165) is 61.3 Å². The summed E-state index contributed by atoms with van der Waals surface area (Å²) in [7, 11) is 2.03. The summed E-state index contributed by atoms with van der Waals surface area (Å²) in [5.41, 5.74) is -0.236. The summed E-state index contributed by atoms with van der Waals surface area (Å²) < 4.78 is 2.05. The van der Waals surface area contributed by atoms with Crippen LogP contribution in [0.2, 0.25) is 0 Å². The molecule has 0 saturated heterocycles. The van der Waals surface area contributed by atoms with Gasteiger partial charge in [-0.15, -0.1) is 0 Å². The summed E-state index contributed by atoms with van der Waals surface area (Å²) in [6, 6.07) is 0. The summed E-state index contributed by atoms with van der Waals surface area (Å²) in [5, 5.41) is 12.9. The van der Waals surface area contributed by atoms with Crippen molar-refractivity contribution in [2.45, 2.75) is 82.4 Å². The number of ketones is 1. The molecule has 4 saturated carbocycles. The Morgan fingerprint density at radius 2 is 1.97 bits per heavy atom. The molecule has 1 N–H and O–H groups in total. The number of carbonyl (C=O) groups is 1. The Morgan fingerprint density at radius 1 is 1.17 bits per heavy atom. The van der Waals surface area contributed by atoms with Gasteiger partial charge >= 0.3 is 0 Å². The molecule has 0 aromatic carbocycles. The number of hydrogen-bond acceptors (Lipinski definition) is 4. The predicted molar refractivity (Wildman–Crippen MR) is 116 cm³/mol. The van der Waals surface area contributed by atoms with Crippen LogP contribution in [0.4, 0.5) is 0 Å². The van der Waals surface area contributed by atoms with Gasteiger partial charge in [0.15, 0.2) is 5.16 Å². The Labute approximate surface area is 179 Å². The van der Waals surface area contributed by atoms with Gasteiger partial charge in [-0.2, -0.15) is 0 Å². The molecule has 7 atom stereocenters. The number of aliphatic hydroxyl groups is 1. The summed E-state index contributed by atoms with van der Waals surface area (Å²) >= 11 is 1.72. The lowest BCUT2D eigenvalue weighted by Crippen LogP contribution is -2.57. The number of thioether (sulfide) groups is 1. The van der Waals surface area contributed by atoms with E-state index in [4.69, 9.17) is 0 Å². The highest BCUT2D eigenvalue weighted by Crippen LogP contribution is 2.68. The molecule has 4 nitrogen and oxygen atoms in total. The van der Waals surface area contributed by atoms with Crippen molar-refractivity contribution >= 4 is 17.5 Å². The number of aryl methyl sites for hydroxylation is 1. The van der Waals surface area contributed by atoms with Crippen LogP contribution in [0.5, 0.6) is 0 Å². The molecule has 0 spiro atoms. The van der Waals surface area contributed by atoms with E-state index in [1.54, 1.807) is 11.8 Å². The minimum absolute atomic E-state index is 0.0139. The molecule has 1 aromatic rings. The van der Waals surface area contributed by atoms with Crippen LogP contribution in [0.25, 0.3) is 0 Å². The van der Waals surface area contributed by atoms with E-state index in [2.05, 4.69) is 18.8 Å². The van der Waals surface area contributed by atoms with Crippen LogP contribution in [0.15, 0.2) is 17.6 Å². The molecule has 0 unspecified atom stereocenters. The van der Waals surface area contributed by atoms with Crippen LogP contribution in [0.3, 0.4) is 0 Å². The van der Waals surface area contributed by atoms with Crippen LogP contribution in [-0.2, 0) is 11.8 Å². The Bertz CT molecular complexity index is 809. The lowest BCUT2D eigenvalue weighted by atomic mass is 9.44. The Hall–Kier alpha value is -0.810. The van der Waals surface area contributed by atoms with E-state index in [9.17, 15) is 9.90 Å². The lowest BCUT2D eigenvalue weighted by Gasteiger charge is -2.61. The van der Waals surface area contributed by atoms with E-state index in [1.165, 1.54) is 19.3 Å². The topological polar surface area (TPSA) is 55.1 Å². The molecular weight excluding hydrogens is 380 g/mol. The Morgan fingerprint density at radius 3 is 2.72 bits per heavy atom. The minimum atomic E-state index is -0.598. The fourth-order valence-electron chi connectivity index (χ4n) is 8.07. The van der Waals surface area contributed by atoms with Crippen molar-refractivity contribution in [3.8, 4) is 0 Å². The third-order valence-corrected chi connectivity index (χ3v) is 11.3. The summed E-state index contributed by atoms with van der Waals surface area (Å²) in [6.45, 7) is 4.89. The van der Waals surface area contributed by atoms with Crippen molar-refractivity contribution < 1.29 is 9.90 Å². The van der Waals surface area contributed by atoms with E-state index in [-0.39, 0.29) is 5.41 Å². The molecule has 0 radical (unpaired) electrons. The standard InChI is InChI=1S/C24H36N2O2S/c1-22-9-6-17(27)14-16(22)4-5-18-19(22)7-10-23(2)20(18)8-11-24(23,28)15-29-21-25-12-13-26(21)3/h12-13,16,18-20,28H,4-11,14-15H2,1-3H3/t16-,18-,19-,20+,22+,23+,24-/m1/s1. The van der Waals surface area contributed by atoms with Crippen molar-refractivity contribution in [1.82, 2.24) is 9.55 Å². The first-order valence-electron chi connectivity index (χ1n) is 11.6. The molecular formula is C24H36N2O2S. The van der Waals surface area contributed by atoms with Crippen LogP contribution >= 0.6 is 11.8 Å². The number of hydrogen-bond donors (Lipinski definition) is 1. The first-order valence-corrected chi connectivity index (χ1v) is 12.6. The smallest absolute Gasteiger partial charge is 0.167 e. The highest BCUT2D eigenvalue weighted by Gasteiger charge is 2.64. The molecule has 4 aliphatic rings. The van der Waals surface area contributed by atoms with Gasteiger partial charge in [0.1, 0.15) is 5.78 Å². The first kappa shape index (κ1) is 20.1. The van der Waals surface area contributed by atoms with Crippen LogP contribution < -0.4 is 0 Å². The lowest BCUT2D eigenvalue weighted by molar-refractivity contribution is -0.152. The second kappa shape index (κ2) is 6.85. The van der Waals surface area contributed by atoms with Crippen LogP contribution in [0.1, 0.15) is 71.6 Å². The summed E-state index contributed by atoms with van der Waals surface area (Å²) in [4.78, 5) is 16.5. The third kappa shape index (κ3) is 2.90. The SMILES string of the molecule is Cn1ccnc1SC[C@]1(O)CC[C@H]2[C@@H]3CC[C@@H]4CC(=O)CC[C@]4(C)[C@@H]3CC[C@@]21C. The predicted octanol–water partition coefficient (Wildman–Crippen LogP) is 4.86. The van der Waals surface area contributed by atoms with E-state index < -0.39 is 5.60 Å². The van der Waals surface area contributed by atoms with Gasteiger partial charge in [-0.05, 0) is 74.0 Å². The monoisotopic (exact) mass is 416 g/mol. The van der Waals surface area contributed by atoms with Gasteiger partial charge in [-0.1, -0.05) is 25.6 Å². The zero-order valence-corrected chi connectivity index (χ0v) is 19.0. The van der Waals surface area contributed by atoms with Gasteiger partial charge in [0.05, 0.1) is 5.60 Å². The van der Waals surface area contributed by atoms with E-state index >= 15 is 0 Å². The first-order chi connectivity index (χ1) is 13.8. The Kier molecular flexibility index (Phi) is 4.75. The van der Waals surface area contributed by atoms with Crippen molar-refractivity contribution in [3.05, 3.63) is 12.4 Å². The maximum atomic E-state index is 12.1. The van der Waals surface area contributed by atoms with Crippen LogP contribution in [0, 0.1) is 34.5 Å². The van der Waals surface area contributed by atoms with Crippen molar-refractivity contribution in [1.29, 1.82) is 0 Å². The second-order valence-electron chi connectivity index (χ2n) is 11.0. The molecule has 0 aliphatic heterocycles. The van der Waals surface area contributed by atoms with Gasteiger partial charge < -0.3 is 9.67 Å². The zero-order valence-electron chi connectivity index (χ0n) is 18.2. The zero-order chi connectivity index (χ0) is 20.4.